The van der Waals surface area contributed by atoms with Crippen LogP contribution in [0.2, 0.25) is 10.0 Å². The fraction of sp³-hybridized carbons (Fsp3) is 0.0667. The molecule has 20 heavy (non-hydrogen) atoms. The van der Waals surface area contributed by atoms with Gasteiger partial charge in [0.1, 0.15) is 0 Å². The molecular formula is C15H11Cl2NS2. The van der Waals surface area contributed by atoms with Crippen molar-refractivity contribution in [2.75, 3.05) is 5.32 Å². The molecule has 0 aliphatic rings. The zero-order chi connectivity index (χ0) is 13.9. The van der Waals surface area contributed by atoms with E-state index in [-0.39, 0.29) is 0 Å². The Morgan fingerprint density at radius 1 is 1.00 bits per heavy atom. The van der Waals surface area contributed by atoms with Crippen molar-refractivity contribution in [1.29, 1.82) is 0 Å². The van der Waals surface area contributed by atoms with Crippen molar-refractivity contribution in [3.8, 4) is 10.4 Å². The van der Waals surface area contributed by atoms with E-state index in [1.807, 2.05) is 12.1 Å². The maximum absolute atomic E-state index is 5.98. The summed E-state index contributed by atoms with van der Waals surface area (Å²) in [5, 5.41) is 8.92. The van der Waals surface area contributed by atoms with Gasteiger partial charge in [-0.2, -0.15) is 0 Å². The highest BCUT2D eigenvalue weighted by molar-refractivity contribution is 7.14. The van der Waals surface area contributed by atoms with Crippen LogP contribution in [-0.4, -0.2) is 0 Å². The van der Waals surface area contributed by atoms with Crippen molar-refractivity contribution in [2.45, 2.75) is 6.54 Å². The lowest BCUT2D eigenvalue weighted by Crippen LogP contribution is -1.97. The zero-order valence-electron chi connectivity index (χ0n) is 10.4. The van der Waals surface area contributed by atoms with Crippen molar-refractivity contribution in [2.24, 2.45) is 0 Å². The molecule has 1 nitrogen and oxygen atoms in total. The standard InChI is InChI=1S/C15H11Cl2NS2/c16-11-5-12(17)7-13(6-11)18-8-14-4-10(9-20-14)15-2-1-3-19-15/h1-7,9,18H,8H2. The molecule has 0 radical (unpaired) electrons. The van der Waals surface area contributed by atoms with Crippen molar-refractivity contribution >= 4 is 51.6 Å². The average Bonchev–Trinajstić information content (AvgIpc) is 3.06. The average molecular weight is 340 g/mol. The Morgan fingerprint density at radius 2 is 1.80 bits per heavy atom. The maximum Gasteiger partial charge on any atom is 0.0494 e. The van der Waals surface area contributed by atoms with Gasteiger partial charge in [-0.05, 0) is 41.1 Å². The number of rotatable bonds is 4. The summed E-state index contributed by atoms with van der Waals surface area (Å²) in [6.07, 6.45) is 0. The monoisotopic (exact) mass is 339 g/mol. The molecule has 102 valence electrons. The van der Waals surface area contributed by atoms with Crippen LogP contribution < -0.4 is 5.32 Å². The summed E-state index contributed by atoms with van der Waals surface area (Å²) in [6, 6.07) is 11.9. The Morgan fingerprint density at radius 3 is 2.50 bits per heavy atom. The number of thiophene rings is 2. The van der Waals surface area contributed by atoms with Crippen molar-refractivity contribution < 1.29 is 0 Å². The number of hydrogen-bond donors (Lipinski definition) is 1. The van der Waals surface area contributed by atoms with E-state index in [0.717, 1.165) is 12.2 Å². The molecule has 0 amide bonds. The van der Waals surface area contributed by atoms with Gasteiger partial charge in [-0.25, -0.2) is 0 Å². The van der Waals surface area contributed by atoms with Gasteiger partial charge in [0.15, 0.2) is 0 Å². The van der Waals surface area contributed by atoms with Crippen molar-refractivity contribution in [3.05, 3.63) is 62.1 Å². The quantitative estimate of drug-likeness (QED) is 0.580. The molecule has 0 fully saturated rings. The molecule has 5 heteroatoms. The summed E-state index contributed by atoms with van der Waals surface area (Å²) in [5.41, 5.74) is 2.22. The van der Waals surface area contributed by atoms with Crippen LogP contribution in [0.25, 0.3) is 10.4 Å². The minimum Gasteiger partial charge on any atom is -0.380 e. The summed E-state index contributed by atoms with van der Waals surface area (Å²) in [7, 11) is 0. The number of halogens is 2. The number of benzene rings is 1. The molecule has 0 spiro atoms. The van der Waals surface area contributed by atoms with Crippen LogP contribution in [0, 0.1) is 0 Å². The van der Waals surface area contributed by atoms with E-state index >= 15 is 0 Å². The van der Waals surface area contributed by atoms with Crippen molar-refractivity contribution in [3.63, 3.8) is 0 Å². The first-order valence-electron chi connectivity index (χ1n) is 6.02. The first kappa shape index (κ1) is 14.0. The first-order valence-corrected chi connectivity index (χ1v) is 8.53. The highest BCUT2D eigenvalue weighted by Gasteiger charge is 2.04. The third kappa shape index (κ3) is 3.36. The van der Waals surface area contributed by atoms with E-state index < -0.39 is 0 Å². The summed E-state index contributed by atoms with van der Waals surface area (Å²) in [5.74, 6) is 0. The van der Waals surface area contributed by atoms with Crippen LogP contribution in [0.3, 0.4) is 0 Å². The van der Waals surface area contributed by atoms with E-state index in [9.17, 15) is 0 Å². The minimum absolute atomic E-state index is 0.644. The van der Waals surface area contributed by atoms with Gasteiger partial charge >= 0.3 is 0 Å². The predicted molar refractivity (Wildman–Crippen MR) is 91.4 cm³/mol. The van der Waals surface area contributed by atoms with Gasteiger partial charge in [0.2, 0.25) is 0 Å². The number of hydrogen-bond acceptors (Lipinski definition) is 3. The minimum atomic E-state index is 0.644. The SMILES string of the molecule is Clc1cc(Cl)cc(NCc2cc(-c3cccs3)cs2)c1. The van der Waals surface area contributed by atoms with E-state index in [2.05, 4.69) is 34.3 Å². The Kier molecular flexibility index (Phi) is 4.32. The second-order valence-corrected chi connectivity index (χ2v) is 7.11. The number of nitrogens with one attached hydrogen (secondary N) is 1. The first-order chi connectivity index (χ1) is 9.70. The molecular weight excluding hydrogens is 329 g/mol. The highest BCUT2D eigenvalue weighted by Crippen LogP contribution is 2.30. The largest absolute Gasteiger partial charge is 0.380 e. The molecule has 3 rings (SSSR count). The lowest BCUT2D eigenvalue weighted by atomic mass is 10.2. The van der Waals surface area contributed by atoms with Gasteiger partial charge < -0.3 is 5.32 Å². The predicted octanol–water partition coefficient (Wildman–Crippen LogP) is 6.40. The zero-order valence-corrected chi connectivity index (χ0v) is 13.5. The fourth-order valence-electron chi connectivity index (χ4n) is 1.89. The van der Waals surface area contributed by atoms with Crippen LogP contribution in [0.1, 0.15) is 4.88 Å². The summed E-state index contributed by atoms with van der Waals surface area (Å²) >= 11 is 15.5. The lowest BCUT2D eigenvalue weighted by molar-refractivity contribution is 1.19. The molecule has 0 saturated carbocycles. The molecule has 1 N–H and O–H groups in total. The van der Waals surface area contributed by atoms with Gasteiger partial charge in [0.05, 0.1) is 0 Å². The van der Waals surface area contributed by atoms with E-state index in [0.29, 0.717) is 10.0 Å². The maximum atomic E-state index is 5.98. The van der Waals surface area contributed by atoms with Crippen LogP contribution >= 0.6 is 45.9 Å². The molecule has 0 atom stereocenters. The Balaban J connectivity index is 1.69. The molecule has 0 unspecified atom stereocenters. The molecule has 1 aromatic carbocycles. The lowest BCUT2D eigenvalue weighted by Gasteiger charge is -2.05. The van der Waals surface area contributed by atoms with E-state index in [4.69, 9.17) is 23.2 Å². The van der Waals surface area contributed by atoms with Gasteiger partial charge in [0.25, 0.3) is 0 Å². The Labute approximate surface area is 135 Å². The molecule has 0 bridgehead atoms. The van der Waals surface area contributed by atoms with Crippen LogP contribution in [0.5, 0.6) is 0 Å². The molecule has 2 heterocycles. The second-order valence-electron chi connectivity index (χ2n) is 4.29. The third-order valence-electron chi connectivity index (χ3n) is 2.79. The van der Waals surface area contributed by atoms with E-state index in [1.165, 1.54) is 15.3 Å². The molecule has 0 aliphatic carbocycles. The van der Waals surface area contributed by atoms with Gasteiger partial charge in [0, 0.05) is 37.6 Å². The molecule has 3 aromatic rings. The van der Waals surface area contributed by atoms with E-state index in [1.54, 1.807) is 28.7 Å². The molecule has 0 aliphatic heterocycles. The third-order valence-corrected chi connectivity index (χ3v) is 5.08. The summed E-state index contributed by atoms with van der Waals surface area (Å²) < 4.78 is 0. The smallest absolute Gasteiger partial charge is 0.0494 e. The topological polar surface area (TPSA) is 12.0 Å². The second kappa shape index (κ2) is 6.19. The van der Waals surface area contributed by atoms with Crippen molar-refractivity contribution in [1.82, 2.24) is 0 Å². The Bertz CT molecular complexity index is 684. The Hall–Kier alpha value is -1.00. The number of anilines is 1. The van der Waals surface area contributed by atoms with Gasteiger partial charge in [-0.1, -0.05) is 29.3 Å². The van der Waals surface area contributed by atoms with Gasteiger partial charge in [-0.3, -0.25) is 0 Å². The van der Waals surface area contributed by atoms with Crippen LogP contribution in [0.4, 0.5) is 5.69 Å². The van der Waals surface area contributed by atoms with Crippen LogP contribution in [0.15, 0.2) is 47.2 Å². The summed E-state index contributed by atoms with van der Waals surface area (Å²) in [6.45, 7) is 0.771. The fourth-order valence-corrected chi connectivity index (χ4v) is 4.03. The summed E-state index contributed by atoms with van der Waals surface area (Å²) in [4.78, 5) is 2.59. The highest BCUT2D eigenvalue weighted by atomic mass is 35.5. The normalized spacial score (nSPS) is 10.7. The van der Waals surface area contributed by atoms with Crippen LogP contribution in [-0.2, 0) is 6.54 Å². The van der Waals surface area contributed by atoms with Gasteiger partial charge in [-0.15, -0.1) is 22.7 Å². The molecule has 0 saturated heterocycles. The molecule has 2 aromatic heterocycles.